The van der Waals surface area contributed by atoms with Crippen LogP contribution in [0, 0.1) is 0 Å². The van der Waals surface area contributed by atoms with E-state index in [9.17, 15) is 0 Å². The molecule has 1 heterocycles. The van der Waals surface area contributed by atoms with Crippen LogP contribution in [-0.4, -0.2) is 23.3 Å². The van der Waals surface area contributed by atoms with Gasteiger partial charge >= 0.3 is 0 Å². The molecule has 4 aromatic rings. The summed E-state index contributed by atoms with van der Waals surface area (Å²) in [4.78, 5) is 4.82. The summed E-state index contributed by atoms with van der Waals surface area (Å²) in [6.45, 7) is 1.51. The largest absolute Gasteiger partial charge is 0.493 e. The van der Waals surface area contributed by atoms with E-state index in [1.54, 1.807) is 7.11 Å². The van der Waals surface area contributed by atoms with Gasteiger partial charge in [-0.2, -0.15) is 0 Å². The van der Waals surface area contributed by atoms with E-state index in [1.165, 1.54) is 0 Å². The van der Waals surface area contributed by atoms with Gasteiger partial charge in [-0.1, -0.05) is 54.1 Å². The van der Waals surface area contributed by atoms with Gasteiger partial charge in [0.2, 0.25) is 0 Å². The molecule has 0 amide bonds. The summed E-state index contributed by atoms with van der Waals surface area (Å²) in [5, 5.41) is 0.736. The van der Waals surface area contributed by atoms with E-state index < -0.39 is 0 Å². The molecule has 0 N–H and O–H groups in total. The van der Waals surface area contributed by atoms with E-state index in [0.29, 0.717) is 6.61 Å². The lowest BCUT2D eigenvalue weighted by Gasteiger charge is -2.11. The molecular formula is C26H25ClN2O2. The quantitative estimate of drug-likeness (QED) is 0.275. The van der Waals surface area contributed by atoms with Gasteiger partial charge in [0.05, 0.1) is 24.8 Å². The summed E-state index contributed by atoms with van der Waals surface area (Å²) in [5.74, 6) is 2.49. The minimum atomic E-state index is 0.642. The number of para-hydroxylation sites is 4. The Hall–Kier alpha value is -3.24. The Labute approximate surface area is 187 Å². The van der Waals surface area contributed by atoms with Crippen LogP contribution in [0.2, 0.25) is 5.02 Å². The fraction of sp³-hybridized carbons (Fsp3) is 0.192. The van der Waals surface area contributed by atoms with Gasteiger partial charge < -0.3 is 14.0 Å². The zero-order valence-corrected chi connectivity index (χ0v) is 18.3. The molecule has 0 radical (unpaired) electrons. The van der Waals surface area contributed by atoms with Crippen molar-refractivity contribution >= 4 is 34.8 Å². The molecule has 0 unspecified atom stereocenters. The van der Waals surface area contributed by atoms with Crippen LogP contribution in [0.5, 0.6) is 11.5 Å². The van der Waals surface area contributed by atoms with Crippen LogP contribution in [0.25, 0.3) is 23.2 Å². The minimum Gasteiger partial charge on any atom is -0.493 e. The van der Waals surface area contributed by atoms with Gasteiger partial charge in [-0.15, -0.1) is 0 Å². The van der Waals surface area contributed by atoms with E-state index in [4.69, 9.17) is 26.1 Å². The third kappa shape index (κ3) is 5.28. The zero-order valence-electron chi connectivity index (χ0n) is 17.5. The third-order valence-corrected chi connectivity index (χ3v) is 5.33. The van der Waals surface area contributed by atoms with Crippen LogP contribution in [0.15, 0.2) is 72.8 Å². The fourth-order valence-electron chi connectivity index (χ4n) is 3.49. The number of halogens is 1. The first-order valence-corrected chi connectivity index (χ1v) is 10.8. The van der Waals surface area contributed by atoms with Crippen molar-refractivity contribution in [1.29, 1.82) is 0 Å². The molecule has 3 aromatic carbocycles. The summed E-state index contributed by atoms with van der Waals surface area (Å²) < 4.78 is 13.5. The van der Waals surface area contributed by atoms with Gasteiger partial charge in [0.1, 0.15) is 5.82 Å². The Morgan fingerprint density at radius 3 is 2.42 bits per heavy atom. The molecule has 0 saturated carbocycles. The Bertz CT molecular complexity index is 1170. The number of methoxy groups -OCH3 is 1. The molecule has 0 aliphatic heterocycles. The van der Waals surface area contributed by atoms with E-state index in [-0.39, 0.29) is 0 Å². The molecule has 4 nitrogen and oxygen atoms in total. The van der Waals surface area contributed by atoms with Crippen molar-refractivity contribution in [2.75, 3.05) is 13.7 Å². The summed E-state index contributed by atoms with van der Waals surface area (Å²) in [6, 6.07) is 23.8. The fourth-order valence-corrected chi connectivity index (χ4v) is 3.62. The molecule has 4 rings (SSSR count). The van der Waals surface area contributed by atoms with Gasteiger partial charge in [0.25, 0.3) is 0 Å². The van der Waals surface area contributed by atoms with Crippen LogP contribution in [0.4, 0.5) is 0 Å². The lowest BCUT2D eigenvalue weighted by Crippen LogP contribution is -2.04. The highest BCUT2D eigenvalue weighted by Crippen LogP contribution is 2.26. The molecule has 0 fully saturated rings. The van der Waals surface area contributed by atoms with E-state index in [0.717, 1.165) is 58.3 Å². The zero-order chi connectivity index (χ0) is 21.5. The first-order chi connectivity index (χ1) is 15.2. The molecule has 0 spiro atoms. The van der Waals surface area contributed by atoms with Gasteiger partial charge in [0.15, 0.2) is 11.5 Å². The Morgan fingerprint density at radius 1 is 0.871 bits per heavy atom. The molecule has 0 bridgehead atoms. The number of nitrogens with zero attached hydrogens (tertiary/aromatic N) is 2. The highest BCUT2D eigenvalue weighted by Gasteiger charge is 2.08. The molecule has 0 saturated heterocycles. The number of unbranched alkanes of at least 4 members (excludes halogenated alkanes) is 1. The lowest BCUT2D eigenvalue weighted by molar-refractivity contribution is 0.284. The van der Waals surface area contributed by atoms with E-state index in [1.807, 2.05) is 54.6 Å². The second kappa shape index (κ2) is 10.2. The number of ether oxygens (including phenoxy) is 2. The Kier molecular flexibility index (Phi) is 6.90. The van der Waals surface area contributed by atoms with Gasteiger partial charge in [-0.05, 0) is 60.9 Å². The topological polar surface area (TPSA) is 36.3 Å². The van der Waals surface area contributed by atoms with E-state index >= 15 is 0 Å². The van der Waals surface area contributed by atoms with E-state index in [2.05, 4.69) is 34.9 Å². The number of hydrogen-bond acceptors (Lipinski definition) is 3. The molecule has 5 heteroatoms. The Balaban J connectivity index is 1.42. The summed E-state index contributed by atoms with van der Waals surface area (Å²) in [5.41, 5.74) is 3.24. The first-order valence-electron chi connectivity index (χ1n) is 10.4. The van der Waals surface area contributed by atoms with Crippen LogP contribution >= 0.6 is 11.6 Å². The smallest absolute Gasteiger partial charge is 0.161 e. The van der Waals surface area contributed by atoms with Crippen molar-refractivity contribution in [3.63, 3.8) is 0 Å². The second-order valence-corrected chi connectivity index (χ2v) is 7.64. The van der Waals surface area contributed by atoms with Crippen molar-refractivity contribution in [3.05, 3.63) is 89.2 Å². The summed E-state index contributed by atoms with van der Waals surface area (Å²) in [6.07, 6.45) is 6.05. The van der Waals surface area contributed by atoms with Crippen molar-refractivity contribution in [1.82, 2.24) is 9.55 Å². The minimum absolute atomic E-state index is 0.642. The molecule has 158 valence electrons. The molecule has 0 aliphatic rings. The molecule has 31 heavy (non-hydrogen) atoms. The number of fused-ring (bicyclic) bond motifs is 1. The van der Waals surface area contributed by atoms with Crippen molar-refractivity contribution in [2.24, 2.45) is 0 Å². The number of aryl methyl sites for hydroxylation is 1. The number of rotatable bonds is 9. The highest BCUT2D eigenvalue weighted by molar-refractivity contribution is 6.30. The van der Waals surface area contributed by atoms with Crippen LogP contribution < -0.4 is 9.47 Å². The third-order valence-electron chi connectivity index (χ3n) is 5.08. The number of benzene rings is 3. The summed E-state index contributed by atoms with van der Waals surface area (Å²) >= 11 is 5.99. The maximum Gasteiger partial charge on any atom is 0.161 e. The number of hydrogen-bond donors (Lipinski definition) is 0. The van der Waals surface area contributed by atoms with Gasteiger partial charge in [0, 0.05) is 11.6 Å². The number of aromatic nitrogens is 2. The van der Waals surface area contributed by atoms with Gasteiger partial charge in [-0.3, -0.25) is 0 Å². The molecule has 0 aliphatic carbocycles. The van der Waals surface area contributed by atoms with Gasteiger partial charge in [-0.25, -0.2) is 4.98 Å². The predicted octanol–water partition coefficient (Wildman–Crippen LogP) is 6.73. The van der Waals surface area contributed by atoms with Crippen LogP contribution in [0.3, 0.4) is 0 Å². The average Bonchev–Trinajstić information content (AvgIpc) is 3.16. The predicted molar refractivity (Wildman–Crippen MR) is 128 cm³/mol. The SMILES string of the molecule is COc1ccccc1OCCCCn1c(/C=C/c2ccc(Cl)cc2)nc2ccccc21. The molecule has 0 atom stereocenters. The summed E-state index contributed by atoms with van der Waals surface area (Å²) in [7, 11) is 1.66. The molecular weight excluding hydrogens is 408 g/mol. The Morgan fingerprint density at radius 2 is 1.61 bits per heavy atom. The average molecular weight is 433 g/mol. The normalized spacial score (nSPS) is 11.3. The maximum absolute atomic E-state index is 5.99. The first kappa shape index (κ1) is 21.0. The van der Waals surface area contributed by atoms with Crippen LogP contribution in [-0.2, 0) is 6.54 Å². The second-order valence-electron chi connectivity index (χ2n) is 7.20. The van der Waals surface area contributed by atoms with Crippen molar-refractivity contribution < 1.29 is 9.47 Å². The van der Waals surface area contributed by atoms with Crippen molar-refractivity contribution in [3.8, 4) is 11.5 Å². The van der Waals surface area contributed by atoms with Crippen LogP contribution in [0.1, 0.15) is 24.2 Å². The molecule has 1 aromatic heterocycles. The monoisotopic (exact) mass is 432 g/mol. The standard InChI is InChI=1S/C26H25ClN2O2/c1-30-24-10-4-5-11-25(24)31-19-7-6-18-29-23-9-3-2-8-22(23)28-26(29)17-14-20-12-15-21(27)16-13-20/h2-5,8-17H,6-7,18-19H2,1H3/b17-14+. The maximum atomic E-state index is 5.99. The van der Waals surface area contributed by atoms with Crippen molar-refractivity contribution in [2.45, 2.75) is 19.4 Å². The lowest BCUT2D eigenvalue weighted by atomic mass is 10.2. The number of imidazole rings is 1. The highest BCUT2D eigenvalue weighted by atomic mass is 35.5.